The number of ether oxygens (including phenoxy) is 2. The molecule has 1 aliphatic heterocycles. The Morgan fingerprint density at radius 1 is 1.15 bits per heavy atom. The van der Waals surface area contributed by atoms with Crippen LogP contribution in [0.15, 0.2) is 53.4 Å². The SMILES string of the molecule is CCN1C(=O)C(OC(C)=O)C(c2ccc(OC)cc2)Sc2ccccc21. The van der Waals surface area contributed by atoms with E-state index in [1.807, 2.05) is 55.5 Å². The molecular weight excluding hydrogens is 350 g/mol. The van der Waals surface area contributed by atoms with Crippen molar-refractivity contribution < 1.29 is 19.1 Å². The van der Waals surface area contributed by atoms with Gasteiger partial charge in [-0.1, -0.05) is 24.3 Å². The van der Waals surface area contributed by atoms with Gasteiger partial charge in [0.1, 0.15) is 5.75 Å². The first kappa shape index (κ1) is 18.3. The number of hydrogen-bond acceptors (Lipinski definition) is 5. The average Bonchev–Trinajstić information content (AvgIpc) is 2.76. The summed E-state index contributed by atoms with van der Waals surface area (Å²) in [6.07, 6.45) is -0.891. The predicted molar refractivity (Wildman–Crippen MR) is 102 cm³/mol. The number of carbonyl (C=O) groups excluding carboxylic acids is 2. The van der Waals surface area contributed by atoms with E-state index in [0.717, 1.165) is 21.9 Å². The molecule has 0 N–H and O–H groups in total. The summed E-state index contributed by atoms with van der Waals surface area (Å²) in [5.74, 6) is 0.0590. The third kappa shape index (κ3) is 3.55. The van der Waals surface area contributed by atoms with Crippen LogP contribution in [0.3, 0.4) is 0 Å². The lowest BCUT2D eigenvalue weighted by molar-refractivity contribution is -0.152. The minimum atomic E-state index is -0.891. The topological polar surface area (TPSA) is 55.8 Å². The standard InChI is InChI=1S/C20H21NO4S/c1-4-21-16-7-5-6-8-17(16)26-19(18(20(21)23)25-13(2)22)14-9-11-15(24-3)12-10-14/h5-12,18-19H,4H2,1-3H3. The second-order valence-corrected chi connectivity index (χ2v) is 7.08. The highest BCUT2D eigenvalue weighted by atomic mass is 32.2. The Kier molecular flexibility index (Phi) is 5.52. The van der Waals surface area contributed by atoms with Crippen LogP contribution in [0.1, 0.15) is 24.7 Å². The lowest BCUT2D eigenvalue weighted by atomic mass is 10.1. The fraction of sp³-hybridized carbons (Fsp3) is 0.300. The molecular formula is C20H21NO4S. The van der Waals surface area contributed by atoms with Crippen LogP contribution in [0, 0.1) is 0 Å². The van der Waals surface area contributed by atoms with E-state index in [4.69, 9.17) is 9.47 Å². The van der Waals surface area contributed by atoms with E-state index in [9.17, 15) is 9.59 Å². The minimum absolute atomic E-state index is 0.207. The van der Waals surface area contributed by atoms with Gasteiger partial charge in [0.05, 0.1) is 18.0 Å². The smallest absolute Gasteiger partial charge is 0.303 e. The summed E-state index contributed by atoms with van der Waals surface area (Å²) in [5.41, 5.74) is 1.75. The van der Waals surface area contributed by atoms with E-state index >= 15 is 0 Å². The third-order valence-corrected chi connectivity index (χ3v) is 5.62. The second kappa shape index (κ2) is 7.83. The fourth-order valence-corrected chi connectivity index (χ4v) is 4.35. The molecule has 2 aromatic rings. The molecule has 0 radical (unpaired) electrons. The average molecular weight is 371 g/mol. The van der Waals surface area contributed by atoms with Crippen molar-refractivity contribution in [1.29, 1.82) is 0 Å². The zero-order chi connectivity index (χ0) is 18.7. The van der Waals surface area contributed by atoms with E-state index in [1.165, 1.54) is 18.7 Å². The lowest BCUT2D eigenvalue weighted by Gasteiger charge is -2.26. The number of para-hydroxylation sites is 1. The zero-order valence-electron chi connectivity index (χ0n) is 15.0. The molecule has 2 aromatic carbocycles. The second-order valence-electron chi connectivity index (χ2n) is 5.89. The number of nitrogens with zero attached hydrogens (tertiary/aromatic N) is 1. The first-order chi connectivity index (χ1) is 12.5. The summed E-state index contributed by atoms with van der Waals surface area (Å²) in [6.45, 7) is 3.75. The Labute approximate surface area is 157 Å². The number of fused-ring (bicyclic) bond motifs is 1. The summed E-state index contributed by atoms with van der Waals surface area (Å²) in [6, 6.07) is 15.3. The number of amides is 1. The Hall–Kier alpha value is -2.47. The number of carbonyl (C=O) groups is 2. The quantitative estimate of drug-likeness (QED) is 0.765. The Morgan fingerprint density at radius 2 is 1.85 bits per heavy atom. The monoisotopic (exact) mass is 371 g/mol. The Bertz CT molecular complexity index is 806. The molecule has 1 aliphatic rings. The molecule has 0 fully saturated rings. The highest BCUT2D eigenvalue weighted by molar-refractivity contribution is 7.99. The van der Waals surface area contributed by atoms with Gasteiger partial charge in [-0.15, -0.1) is 11.8 Å². The predicted octanol–water partition coefficient (Wildman–Crippen LogP) is 3.83. The van der Waals surface area contributed by atoms with Gasteiger partial charge in [0.2, 0.25) is 0 Å². The van der Waals surface area contributed by atoms with E-state index in [1.54, 1.807) is 12.0 Å². The minimum Gasteiger partial charge on any atom is -0.497 e. The molecule has 6 heteroatoms. The van der Waals surface area contributed by atoms with Crippen LogP contribution < -0.4 is 9.64 Å². The van der Waals surface area contributed by atoms with E-state index in [-0.39, 0.29) is 11.2 Å². The number of hydrogen-bond donors (Lipinski definition) is 0. The number of likely N-dealkylation sites (N-methyl/N-ethyl adjacent to an activating group) is 1. The molecule has 26 heavy (non-hydrogen) atoms. The van der Waals surface area contributed by atoms with Crippen LogP contribution in [0.2, 0.25) is 0 Å². The number of anilines is 1. The summed E-state index contributed by atoms with van der Waals surface area (Å²) < 4.78 is 10.7. The van der Waals surface area contributed by atoms with Gasteiger partial charge in [-0.3, -0.25) is 9.59 Å². The molecule has 136 valence electrons. The van der Waals surface area contributed by atoms with Gasteiger partial charge in [-0.25, -0.2) is 0 Å². The van der Waals surface area contributed by atoms with Crippen LogP contribution in [0.4, 0.5) is 5.69 Å². The highest BCUT2D eigenvalue weighted by Gasteiger charge is 2.40. The molecule has 0 spiro atoms. The fourth-order valence-electron chi connectivity index (χ4n) is 3.03. The molecule has 2 unspecified atom stereocenters. The van der Waals surface area contributed by atoms with Gasteiger partial charge in [-0.05, 0) is 36.8 Å². The van der Waals surface area contributed by atoms with Crippen molar-refractivity contribution in [3.05, 3.63) is 54.1 Å². The number of methoxy groups -OCH3 is 1. The van der Waals surface area contributed by atoms with Crippen LogP contribution >= 0.6 is 11.8 Å². The van der Waals surface area contributed by atoms with Crippen LogP contribution in [-0.2, 0) is 14.3 Å². The summed E-state index contributed by atoms with van der Waals surface area (Å²) in [4.78, 5) is 27.5. The third-order valence-electron chi connectivity index (χ3n) is 4.25. The van der Waals surface area contributed by atoms with E-state index in [2.05, 4.69) is 0 Å². The highest BCUT2D eigenvalue weighted by Crippen LogP contribution is 2.46. The van der Waals surface area contributed by atoms with Crippen molar-refractivity contribution in [2.45, 2.75) is 30.1 Å². The van der Waals surface area contributed by atoms with Crippen molar-refractivity contribution in [1.82, 2.24) is 0 Å². The van der Waals surface area contributed by atoms with Gasteiger partial charge in [0.15, 0.2) is 6.10 Å². The van der Waals surface area contributed by atoms with Crippen LogP contribution in [0.25, 0.3) is 0 Å². The van der Waals surface area contributed by atoms with Gasteiger partial charge in [0, 0.05) is 18.4 Å². The van der Waals surface area contributed by atoms with Gasteiger partial charge in [0.25, 0.3) is 5.91 Å². The Balaban J connectivity index is 2.09. The van der Waals surface area contributed by atoms with E-state index in [0.29, 0.717) is 6.54 Å². The summed E-state index contributed by atoms with van der Waals surface area (Å²) in [5, 5.41) is -0.338. The molecule has 0 bridgehead atoms. The normalized spacial score (nSPS) is 19.5. The molecule has 0 saturated carbocycles. The molecule has 1 amide bonds. The van der Waals surface area contributed by atoms with Crippen molar-refractivity contribution in [2.24, 2.45) is 0 Å². The molecule has 0 aromatic heterocycles. The summed E-state index contributed by atoms with van der Waals surface area (Å²) >= 11 is 1.54. The first-order valence-corrected chi connectivity index (χ1v) is 9.31. The molecule has 0 saturated heterocycles. The molecule has 1 heterocycles. The maximum absolute atomic E-state index is 13.2. The Morgan fingerprint density at radius 3 is 2.46 bits per heavy atom. The number of esters is 1. The number of rotatable bonds is 4. The molecule has 5 nitrogen and oxygen atoms in total. The van der Waals surface area contributed by atoms with Gasteiger partial charge in [-0.2, -0.15) is 0 Å². The zero-order valence-corrected chi connectivity index (χ0v) is 15.8. The van der Waals surface area contributed by atoms with Gasteiger partial charge >= 0.3 is 5.97 Å². The van der Waals surface area contributed by atoms with Crippen molar-refractivity contribution >= 4 is 29.3 Å². The largest absolute Gasteiger partial charge is 0.497 e. The van der Waals surface area contributed by atoms with Crippen LogP contribution in [-0.4, -0.2) is 31.6 Å². The summed E-state index contributed by atoms with van der Waals surface area (Å²) in [7, 11) is 1.61. The van der Waals surface area contributed by atoms with Gasteiger partial charge < -0.3 is 14.4 Å². The maximum Gasteiger partial charge on any atom is 0.303 e. The number of thioether (sulfide) groups is 1. The molecule has 0 aliphatic carbocycles. The first-order valence-electron chi connectivity index (χ1n) is 8.43. The van der Waals surface area contributed by atoms with Crippen molar-refractivity contribution in [3.8, 4) is 5.75 Å². The van der Waals surface area contributed by atoms with E-state index < -0.39 is 12.1 Å². The number of benzene rings is 2. The van der Waals surface area contributed by atoms with Crippen molar-refractivity contribution in [2.75, 3.05) is 18.6 Å². The molecule has 2 atom stereocenters. The van der Waals surface area contributed by atoms with Crippen molar-refractivity contribution in [3.63, 3.8) is 0 Å². The lowest BCUT2D eigenvalue weighted by Crippen LogP contribution is -2.42. The maximum atomic E-state index is 13.2. The molecule has 3 rings (SSSR count). The van der Waals surface area contributed by atoms with Crippen LogP contribution in [0.5, 0.6) is 5.75 Å².